The third-order valence-electron chi connectivity index (χ3n) is 3.59. The summed E-state index contributed by atoms with van der Waals surface area (Å²) >= 11 is 1.82. The van der Waals surface area contributed by atoms with Crippen molar-refractivity contribution in [2.45, 2.75) is 45.7 Å². The molecular weight excluding hydrogens is 266 g/mol. The highest BCUT2D eigenvalue weighted by atomic mass is 32.2. The molecule has 0 radical (unpaired) electrons. The SMILES string of the molecule is Cc1cc(C(C)NC2CCS(=O)(=O)CC2)c(C)s1. The van der Waals surface area contributed by atoms with E-state index in [9.17, 15) is 8.42 Å². The summed E-state index contributed by atoms with van der Waals surface area (Å²) in [5.74, 6) is 0.665. The number of aryl methyl sites for hydroxylation is 2. The first-order valence-corrected chi connectivity index (χ1v) is 9.04. The highest BCUT2D eigenvalue weighted by molar-refractivity contribution is 7.91. The molecule has 1 aliphatic rings. The maximum absolute atomic E-state index is 11.4. The molecule has 0 bridgehead atoms. The molecule has 1 aromatic heterocycles. The first-order chi connectivity index (χ1) is 8.37. The highest BCUT2D eigenvalue weighted by Gasteiger charge is 2.25. The Morgan fingerprint density at radius 2 is 1.94 bits per heavy atom. The van der Waals surface area contributed by atoms with Gasteiger partial charge in [-0.2, -0.15) is 0 Å². The second kappa shape index (κ2) is 5.31. The molecule has 5 heteroatoms. The normalized spacial score (nSPS) is 21.9. The zero-order valence-corrected chi connectivity index (χ0v) is 12.8. The van der Waals surface area contributed by atoms with Crippen LogP contribution < -0.4 is 5.32 Å². The quantitative estimate of drug-likeness (QED) is 0.929. The lowest BCUT2D eigenvalue weighted by Crippen LogP contribution is -2.38. The van der Waals surface area contributed by atoms with Gasteiger partial charge in [-0.15, -0.1) is 11.3 Å². The van der Waals surface area contributed by atoms with Crippen molar-refractivity contribution in [1.29, 1.82) is 0 Å². The molecule has 0 saturated carbocycles. The molecule has 1 atom stereocenters. The maximum atomic E-state index is 11.4. The molecule has 3 nitrogen and oxygen atoms in total. The largest absolute Gasteiger partial charge is 0.307 e. The summed E-state index contributed by atoms with van der Waals surface area (Å²) in [6.07, 6.45) is 1.49. The van der Waals surface area contributed by atoms with Crippen molar-refractivity contribution in [2.75, 3.05) is 11.5 Å². The highest BCUT2D eigenvalue weighted by Crippen LogP contribution is 2.27. The molecule has 18 heavy (non-hydrogen) atoms. The van der Waals surface area contributed by atoms with E-state index in [1.54, 1.807) is 0 Å². The van der Waals surface area contributed by atoms with Gasteiger partial charge < -0.3 is 5.32 Å². The summed E-state index contributed by atoms with van der Waals surface area (Å²) < 4.78 is 22.8. The Hall–Kier alpha value is -0.390. The van der Waals surface area contributed by atoms with Crippen molar-refractivity contribution in [3.8, 4) is 0 Å². The van der Waals surface area contributed by atoms with Crippen LogP contribution in [0.15, 0.2) is 6.07 Å². The predicted molar refractivity (Wildman–Crippen MR) is 77.0 cm³/mol. The predicted octanol–water partition coefficient (Wildman–Crippen LogP) is 2.59. The fourth-order valence-corrected chi connectivity index (χ4v) is 5.09. The summed E-state index contributed by atoms with van der Waals surface area (Å²) in [5, 5.41) is 3.57. The average Bonchev–Trinajstić information content (AvgIpc) is 2.61. The van der Waals surface area contributed by atoms with Crippen LogP contribution >= 0.6 is 11.3 Å². The summed E-state index contributed by atoms with van der Waals surface area (Å²) in [4.78, 5) is 2.69. The Morgan fingerprint density at radius 1 is 1.33 bits per heavy atom. The lowest BCUT2D eigenvalue weighted by Gasteiger charge is -2.26. The van der Waals surface area contributed by atoms with E-state index in [0.29, 0.717) is 23.6 Å². The van der Waals surface area contributed by atoms with Crippen molar-refractivity contribution < 1.29 is 8.42 Å². The minimum atomic E-state index is -2.76. The summed E-state index contributed by atoms with van der Waals surface area (Å²) in [6.45, 7) is 6.44. The molecule has 1 N–H and O–H groups in total. The fourth-order valence-electron chi connectivity index (χ4n) is 2.58. The lowest BCUT2D eigenvalue weighted by atomic mass is 10.1. The van der Waals surface area contributed by atoms with Gasteiger partial charge in [0.25, 0.3) is 0 Å². The van der Waals surface area contributed by atoms with Gasteiger partial charge in [-0.05, 0) is 45.2 Å². The molecule has 1 saturated heterocycles. The van der Waals surface area contributed by atoms with Crippen molar-refractivity contribution in [1.82, 2.24) is 5.32 Å². The molecule has 0 aliphatic carbocycles. The van der Waals surface area contributed by atoms with E-state index < -0.39 is 9.84 Å². The summed E-state index contributed by atoms with van der Waals surface area (Å²) in [6, 6.07) is 2.88. The number of hydrogen-bond acceptors (Lipinski definition) is 4. The second-order valence-electron chi connectivity index (χ2n) is 5.18. The Balaban J connectivity index is 1.96. The molecule has 2 heterocycles. The van der Waals surface area contributed by atoms with Gasteiger partial charge in [0.05, 0.1) is 11.5 Å². The van der Waals surface area contributed by atoms with E-state index in [2.05, 4.69) is 32.2 Å². The third kappa shape index (κ3) is 3.33. The molecule has 1 unspecified atom stereocenters. The first-order valence-electron chi connectivity index (χ1n) is 6.41. The van der Waals surface area contributed by atoms with Crippen LogP contribution in [-0.2, 0) is 9.84 Å². The van der Waals surface area contributed by atoms with Gasteiger partial charge in [0.1, 0.15) is 9.84 Å². The van der Waals surface area contributed by atoms with Gasteiger partial charge in [-0.1, -0.05) is 0 Å². The van der Waals surface area contributed by atoms with E-state index >= 15 is 0 Å². The molecular formula is C13H21NO2S2. The Kier molecular flexibility index (Phi) is 4.14. The smallest absolute Gasteiger partial charge is 0.150 e. The minimum absolute atomic E-state index is 0.306. The molecule has 1 fully saturated rings. The van der Waals surface area contributed by atoms with Crippen molar-refractivity contribution in [3.63, 3.8) is 0 Å². The first kappa shape index (κ1) is 14.0. The molecule has 0 amide bonds. The molecule has 1 aromatic rings. The van der Waals surface area contributed by atoms with E-state index in [-0.39, 0.29) is 0 Å². The van der Waals surface area contributed by atoms with Crippen molar-refractivity contribution in [3.05, 3.63) is 21.4 Å². The minimum Gasteiger partial charge on any atom is -0.307 e. The Labute approximate surface area is 114 Å². The van der Waals surface area contributed by atoms with E-state index in [1.165, 1.54) is 15.3 Å². The second-order valence-corrected chi connectivity index (χ2v) is 8.95. The monoisotopic (exact) mass is 287 g/mol. The van der Waals surface area contributed by atoms with Crippen molar-refractivity contribution in [2.24, 2.45) is 0 Å². The van der Waals surface area contributed by atoms with Crippen LogP contribution in [0.4, 0.5) is 0 Å². The molecule has 102 valence electrons. The average molecular weight is 287 g/mol. The van der Waals surface area contributed by atoms with Gasteiger partial charge in [0.2, 0.25) is 0 Å². The van der Waals surface area contributed by atoms with Crippen molar-refractivity contribution >= 4 is 21.2 Å². The third-order valence-corrected chi connectivity index (χ3v) is 6.28. The standard InChI is InChI=1S/C13H21NO2S2/c1-9-8-13(11(3)17-9)10(2)14-12-4-6-18(15,16)7-5-12/h8,10,12,14H,4-7H2,1-3H3. The Bertz CT molecular complexity index is 505. The topological polar surface area (TPSA) is 46.2 Å². The van der Waals surface area contributed by atoms with E-state index in [0.717, 1.165) is 12.8 Å². The van der Waals surface area contributed by atoms with Crippen LogP contribution in [0.5, 0.6) is 0 Å². The van der Waals surface area contributed by atoms with Crippen LogP contribution in [0.25, 0.3) is 0 Å². The van der Waals surface area contributed by atoms with Gasteiger partial charge in [0, 0.05) is 21.8 Å². The Morgan fingerprint density at radius 3 is 2.44 bits per heavy atom. The molecule has 0 spiro atoms. The number of rotatable bonds is 3. The zero-order valence-electron chi connectivity index (χ0n) is 11.2. The molecule has 0 aromatic carbocycles. The van der Waals surface area contributed by atoms with Crippen LogP contribution in [0.2, 0.25) is 0 Å². The maximum Gasteiger partial charge on any atom is 0.150 e. The van der Waals surface area contributed by atoms with Gasteiger partial charge in [-0.25, -0.2) is 8.42 Å². The van der Waals surface area contributed by atoms with E-state index in [1.807, 2.05) is 11.3 Å². The molecule has 2 rings (SSSR count). The fraction of sp³-hybridized carbons (Fsp3) is 0.692. The summed E-state index contributed by atoms with van der Waals surface area (Å²) in [7, 11) is -2.76. The number of thiophene rings is 1. The number of nitrogens with one attached hydrogen (secondary N) is 1. The van der Waals surface area contributed by atoms with Gasteiger partial charge >= 0.3 is 0 Å². The molecule has 1 aliphatic heterocycles. The van der Waals surface area contributed by atoms with Crippen LogP contribution in [0.3, 0.4) is 0 Å². The van der Waals surface area contributed by atoms with E-state index in [4.69, 9.17) is 0 Å². The van der Waals surface area contributed by atoms with Crippen LogP contribution in [0, 0.1) is 13.8 Å². The van der Waals surface area contributed by atoms with Gasteiger partial charge in [0.15, 0.2) is 0 Å². The number of hydrogen-bond donors (Lipinski definition) is 1. The van der Waals surface area contributed by atoms with Gasteiger partial charge in [-0.3, -0.25) is 0 Å². The van der Waals surface area contributed by atoms with Crippen LogP contribution in [-0.4, -0.2) is 26.0 Å². The lowest BCUT2D eigenvalue weighted by molar-refractivity contribution is 0.420. The summed E-state index contributed by atoms with van der Waals surface area (Å²) in [5.41, 5.74) is 1.35. The zero-order chi connectivity index (χ0) is 13.3. The number of sulfone groups is 1. The van der Waals surface area contributed by atoms with Crippen LogP contribution in [0.1, 0.15) is 41.1 Å².